The van der Waals surface area contributed by atoms with Crippen molar-refractivity contribution in [2.24, 2.45) is 0 Å². The largest absolute Gasteiger partial charge is 0.756 e. The number of likely N-dealkylation sites (N-methyl/N-ethyl adjacent to an activating group) is 1. The summed E-state index contributed by atoms with van der Waals surface area (Å²) in [4.78, 5) is 19.1. The van der Waals surface area contributed by atoms with Gasteiger partial charge in [0.1, 0.15) is 25.8 Å². The summed E-state index contributed by atoms with van der Waals surface area (Å²) in [7, 11) is -0.950. The zero-order chi connectivity index (χ0) is 20.6. The first kappa shape index (κ1) is 27.0. The quantitative estimate of drug-likeness (QED) is 0.193. The maximum Gasteiger partial charge on any atom is 0.265 e. The van der Waals surface area contributed by atoms with Gasteiger partial charge in [0, 0.05) is 6.61 Å². The summed E-state index contributed by atoms with van der Waals surface area (Å²) in [5.41, 5.74) is 0. The minimum Gasteiger partial charge on any atom is -0.756 e. The summed E-state index contributed by atoms with van der Waals surface area (Å²) in [5.74, 6) is 0. The van der Waals surface area contributed by atoms with Crippen molar-refractivity contribution in [3.05, 3.63) is 0 Å². The molecular formula is C19H42NO6P. The Kier molecular flexibility index (Phi) is 15.9. The van der Waals surface area contributed by atoms with Gasteiger partial charge in [-0.1, -0.05) is 64.7 Å². The van der Waals surface area contributed by atoms with Gasteiger partial charge in [0.25, 0.3) is 7.82 Å². The molecule has 7 nitrogen and oxygen atoms in total. The van der Waals surface area contributed by atoms with Crippen LogP contribution in [0.15, 0.2) is 0 Å². The van der Waals surface area contributed by atoms with Gasteiger partial charge in [-0.3, -0.25) is 4.57 Å². The third kappa shape index (κ3) is 20.5. The number of nitrogens with zero attached hydrogens (tertiary/aromatic N) is 1. The Labute approximate surface area is 165 Å². The third-order valence-corrected chi connectivity index (χ3v) is 5.12. The topological polar surface area (TPSA) is 99.0 Å². The van der Waals surface area contributed by atoms with Crippen molar-refractivity contribution in [1.82, 2.24) is 0 Å². The summed E-state index contributed by atoms with van der Waals surface area (Å²) in [6.45, 7) is 3.85. The van der Waals surface area contributed by atoms with E-state index in [1.807, 2.05) is 14.1 Å². The second-order valence-electron chi connectivity index (χ2n) is 8.05. The van der Waals surface area contributed by atoms with Gasteiger partial charge in [-0.15, -0.1) is 0 Å². The molecule has 2 atom stereocenters. The molecule has 0 aromatic heterocycles. The van der Waals surface area contributed by atoms with Crippen LogP contribution in [0.5, 0.6) is 0 Å². The Morgan fingerprint density at radius 2 is 1.48 bits per heavy atom. The van der Waals surface area contributed by atoms with E-state index in [9.17, 15) is 14.6 Å². The second-order valence-corrected chi connectivity index (χ2v) is 9.25. The highest BCUT2D eigenvalue weighted by Gasteiger charge is 2.21. The zero-order valence-corrected chi connectivity index (χ0v) is 18.5. The molecule has 0 fully saturated rings. The van der Waals surface area contributed by atoms with E-state index in [1.165, 1.54) is 57.8 Å². The average Bonchev–Trinajstić information content (AvgIpc) is 2.54. The normalized spacial score (nSPS) is 15.6. The van der Waals surface area contributed by atoms with Crippen LogP contribution in [0.25, 0.3) is 0 Å². The molecule has 0 spiro atoms. The number of rotatable bonds is 19. The Morgan fingerprint density at radius 1 is 0.963 bits per heavy atom. The van der Waals surface area contributed by atoms with Crippen LogP contribution in [0.2, 0.25) is 0 Å². The standard InChI is InChI=1S/C19H42NO6P/c1-4-5-6-7-8-9-10-11-12-13-15-25-18-19(21)17-20(2,3)14-16-26-27(22,23)24/h19,21H,4-18H2,1-3H3,(H-,22,23,24). The summed E-state index contributed by atoms with van der Waals surface area (Å²) in [6, 6.07) is 0. The van der Waals surface area contributed by atoms with Crippen molar-refractivity contribution in [2.75, 3.05) is 47.0 Å². The van der Waals surface area contributed by atoms with E-state index in [-0.39, 0.29) is 13.2 Å². The molecule has 27 heavy (non-hydrogen) atoms. The van der Waals surface area contributed by atoms with Crippen LogP contribution in [-0.2, 0) is 13.8 Å². The molecule has 0 aromatic carbocycles. The first-order valence-corrected chi connectivity index (χ1v) is 11.9. The van der Waals surface area contributed by atoms with Crippen LogP contribution in [0.4, 0.5) is 0 Å². The minimum atomic E-state index is -4.68. The minimum absolute atomic E-state index is 0.115. The summed E-state index contributed by atoms with van der Waals surface area (Å²) in [5, 5.41) is 10.1. The number of phosphoric acid groups is 1. The zero-order valence-electron chi connectivity index (χ0n) is 17.6. The van der Waals surface area contributed by atoms with Crippen molar-refractivity contribution in [1.29, 1.82) is 0 Å². The fourth-order valence-corrected chi connectivity index (χ4v) is 3.34. The molecule has 0 amide bonds. The van der Waals surface area contributed by atoms with Gasteiger partial charge in [-0.25, -0.2) is 0 Å². The first-order valence-electron chi connectivity index (χ1n) is 10.4. The molecular weight excluding hydrogens is 369 g/mol. The van der Waals surface area contributed by atoms with Crippen LogP contribution in [0.1, 0.15) is 71.1 Å². The number of aliphatic hydroxyl groups is 1. The molecule has 8 heteroatoms. The number of phosphoric ester groups is 1. The lowest BCUT2D eigenvalue weighted by Gasteiger charge is -2.32. The van der Waals surface area contributed by atoms with E-state index in [2.05, 4.69) is 11.4 Å². The van der Waals surface area contributed by atoms with Crippen molar-refractivity contribution in [3.8, 4) is 0 Å². The molecule has 0 aliphatic heterocycles. The van der Waals surface area contributed by atoms with Gasteiger partial charge >= 0.3 is 0 Å². The Bertz CT molecular complexity index is 388. The monoisotopic (exact) mass is 411 g/mol. The SMILES string of the molecule is CCCCCCCCCCCCOCC(O)C[N+](C)(C)CCOP(=O)([O-])O. The van der Waals surface area contributed by atoms with Gasteiger partial charge in [0.05, 0.1) is 20.7 Å². The van der Waals surface area contributed by atoms with Crippen LogP contribution in [0, 0.1) is 0 Å². The van der Waals surface area contributed by atoms with Crippen molar-refractivity contribution >= 4 is 7.82 Å². The third-order valence-electron chi connectivity index (χ3n) is 4.61. The van der Waals surface area contributed by atoms with Gasteiger partial charge in [0.2, 0.25) is 0 Å². The van der Waals surface area contributed by atoms with Crippen molar-refractivity contribution in [3.63, 3.8) is 0 Å². The van der Waals surface area contributed by atoms with Gasteiger partial charge in [0.15, 0.2) is 0 Å². The van der Waals surface area contributed by atoms with E-state index < -0.39 is 13.9 Å². The highest BCUT2D eigenvalue weighted by Crippen LogP contribution is 2.29. The molecule has 2 N–H and O–H groups in total. The lowest BCUT2D eigenvalue weighted by Crippen LogP contribution is -2.48. The Morgan fingerprint density at radius 3 is 2.00 bits per heavy atom. The summed E-state index contributed by atoms with van der Waals surface area (Å²) < 4.78 is 20.8. The number of unbranched alkanes of at least 4 members (excludes halogenated alkanes) is 9. The lowest BCUT2D eigenvalue weighted by molar-refractivity contribution is -0.893. The van der Waals surface area contributed by atoms with Gasteiger partial charge in [-0.05, 0) is 6.42 Å². The van der Waals surface area contributed by atoms with Crippen LogP contribution >= 0.6 is 7.82 Å². The highest BCUT2D eigenvalue weighted by atomic mass is 31.2. The molecule has 0 aliphatic rings. The molecule has 0 saturated carbocycles. The predicted molar refractivity (Wildman–Crippen MR) is 106 cm³/mol. The lowest BCUT2D eigenvalue weighted by atomic mass is 10.1. The Hall–Kier alpha value is -0.0100. The molecule has 0 saturated heterocycles. The molecule has 164 valence electrons. The molecule has 0 aliphatic carbocycles. The molecule has 0 heterocycles. The average molecular weight is 412 g/mol. The number of hydrogen-bond donors (Lipinski definition) is 2. The van der Waals surface area contributed by atoms with E-state index in [4.69, 9.17) is 9.63 Å². The highest BCUT2D eigenvalue weighted by molar-refractivity contribution is 7.44. The maximum atomic E-state index is 10.6. The van der Waals surface area contributed by atoms with E-state index in [1.54, 1.807) is 0 Å². The molecule has 0 rings (SSSR count). The van der Waals surface area contributed by atoms with Gasteiger partial charge < -0.3 is 28.6 Å². The number of ether oxygens (including phenoxy) is 1. The van der Waals surface area contributed by atoms with Crippen LogP contribution in [0.3, 0.4) is 0 Å². The van der Waals surface area contributed by atoms with Crippen LogP contribution in [-0.4, -0.2) is 67.6 Å². The number of quaternary nitrogens is 1. The Balaban J connectivity index is 3.52. The van der Waals surface area contributed by atoms with E-state index in [0.29, 0.717) is 24.2 Å². The van der Waals surface area contributed by atoms with Crippen molar-refractivity contribution in [2.45, 2.75) is 77.2 Å². The fourth-order valence-electron chi connectivity index (χ4n) is 3.03. The number of hydrogen-bond acceptors (Lipinski definition) is 5. The summed E-state index contributed by atoms with van der Waals surface area (Å²) >= 11 is 0. The summed E-state index contributed by atoms with van der Waals surface area (Å²) in [6.07, 6.45) is 12.2. The van der Waals surface area contributed by atoms with E-state index in [0.717, 1.165) is 6.42 Å². The predicted octanol–water partition coefficient (Wildman–Crippen LogP) is 2.84. The molecule has 0 aromatic rings. The number of aliphatic hydroxyl groups excluding tert-OH is 1. The maximum absolute atomic E-state index is 10.6. The van der Waals surface area contributed by atoms with Crippen molar-refractivity contribution < 1.29 is 33.2 Å². The van der Waals surface area contributed by atoms with E-state index >= 15 is 0 Å². The second kappa shape index (κ2) is 15.9. The van der Waals surface area contributed by atoms with Gasteiger partial charge in [-0.2, -0.15) is 0 Å². The first-order chi connectivity index (χ1) is 12.7. The fraction of sp³-hybridized carbons (Fsp3) is 1.00. The van der Waals surface area contributed by atoms with Crippen LogP contribution < -0.4 is 4.89 Å². The molecule has 2 unspecified atom stereocenters. The smallest absolute Gasteiger partial charge is 0.265 e. The molecule has 0 bridgehead atoms. The molecule has 0 radical (unpaired) electrons.